The Morgan fingerprint density at radius 1 is 0.929 bits per heavy atom. The van der Waals surface area contributed by atoms with E-state index >= 15 is 0 Å². The van der Waals surface area contributed by atoms with Gasteiger partial charge in [0.15, 0.2) is 0 Å². The van der Waals surface area contributed by atoms with E-state index in [9.17, 15) is 19.8 Å². The number of hydrogen-bond acceptors (Lipinski definition) is 7. The summed E-state index contributed by atoms with van der Waals surface area (Å²) < 4.78 is 5.98. The lowest BCUT2D eigenvalue weighted by molar-refractivity contribution is -0.145. The summed E-state index contributed by atoms with van der Waals surface area (Å²) in [5.74, 6) is 1.66. The topological polar surface area (TPSA) is 134 Å². The summed E-state index contributed by atoms with van der Waals surface area (Å²) in [5, 5.41) is 28.8. The molecule has 6 N–H and O–H groups in total. The van der Waals surface area contributed by atoms with Crippen molar-refractivity contribution in [3.8, 4) is 0 Å². The first kappa shape index (κ1) is 33.2. The van der Waals surface area contributed by atoms with Gasteiger partial charge in [0.2, 0.25) is 5.91 Å². The molecule has 42 heavy (non-hydrogen) atoms. The lowest BCUT2D eigenvalue weighted by Gasteiger charge is -2.55. The molecule has 0 bridgehead atoms. The van der Waals surface area contributed by atoms with Gasteiger partial charge in [-0.3, -0.25) is 9.59 Å². The normalized spacial score (nSPS) is 36.7. The second-order valence-electron chi connectivity index (χ2n) is 13.8. The van der Waals surface area contributed by atoms with Gasteiger partial charge in [0.1, 0.15) is 6.10 Å². The van der Waals surface area contributed by atoms with E-state index in [4.69, 9.17) is 10.5 Å². The Bertz CT molecular complexity index is 992. The predicted octanol–water partition coefficient (Wildman–Crippen LogP) is 3.86. The van der Waals surface area contributed by atoms with E-state index in [0.717, 1.165) is 75.6 Å². The molecule has 4 fully saturated rings. The number of fused-ring (bicyclic) bond motifs is 5. The molecule has 4 saturated carbocycles. The Morgan fingerprint density at radius 2 is 1.62 bits per heavy atom. The molecule has 0 aromatic heterocycles. The number of rotatable bonds is 12. The number of aliphatic hydroxyl groups is 2. The maximum absolute atomic E-state index is 13.8. The number of carbonyl (C=O) groups is 2. The molecule has 0 aliphatic heterocycles. The lowest BCUT2D eigenvalue weighted by atomic mass is 9.51. The van der Waals surface area contributed by atoms with Crippen LogP contribution in [-0.2, 0) is 14.3 Å². The van der Waals surface area contributed by atoms with Crippen LogP contribution < -0.4 is 16.4 Å². The third kappa shape index (κ3) is 7.66. The van der Waals surface area contributed by atoms with Gasteiger partial charge in [0.25, 0.3) is 0 Å². The van der Waals surface area contributed by atoms with Crippen LogP contribution in [0, 0.1) is 41.4 Å². The van der Waals surface area contributed by atoms with Crippen LogP contribution in [0.2, 0.25) is 0 Å². The molecule has 0 radical (unpaired) electrons. The minimum atomic E-state index is -0.445. The quantitative estimate of drug-likeness (QED) is 0.101. The third-order valence-corrected chi connectivity index (χ3v) is 10.9. The molecular formula is C34H57N3O5. The van der Waals surface area contributed by atoms with E-state index in [1.54, 1.807) is 0 Å². The molecule has 0 spiro atoms. The summed E-state index contributed by atoms with van der Waals surface area (Å²) in [4.78, 5) is 26.1. The zero-order chi connectivity index (χ0) is 30.4. The fraction of sp³-hybridized carbons (Fsp3) is 0.824. The first-order chi connectivity index (χ1) is 20.1. The van der Waals surface area contributed by atoms with E-state index in [-0.39, 0.29) is 35.7 Å². The van der Waals surface area contributed by atoms with Crippen LogP contribution >= 0.6 is 0 Å². The summed E-state index contributed by atoms with van der Waals surface area (Å²) in [6.07, 6.45) is 9.38. The van der Waals surface area contributed by atoms with Gasteiger partial charge < -0.3 is 31.3 Å². The Balaban J connectivity index is 1.59. The van der Waals surface area contributed by atoms with Crippen LogP contribution in [0.5, 0.6) is 0 Å². The number of aliphatic hydroxyl groups excluding tert-OH is 2. The molecule has 10 atom stereocenters. The molecule has 1 amide bonds. The molecular weight excluding hydrogens is 530 g/mol. The maximum Gasteiger partial charge on any atom is 0.303 e. The Morgan fingerprint density at radius 3 is 2.33 bits per heavy atom. The van der Waals surface area contributed by atoms with E-state index in [2.05, 4.69) is 37.5 Å². The molecule has 0 aromatic carbocycles. The molecule has 8 unspecified atom stereocenters. The summed E-state index contributed by atoms with van der Waals surface area (Å²) in [6, 6.07) is 0. The molecule has 8 nitrogen and oxygen atoms in total. The van der Waals surface area contributed by atoms with Crippen molar-refractivity contribution < 1.29 is 24.5 Å². The lowest BCUT2D eigenvalue weighted by Crippen LogP contribution is -2.53. The summed E-state index contributed by atoms with van der Waals surface area (Å²) in [6.45, 7) is 10.7. The Kier molecular flexibility index (Phi) is 12.1. The first-order valence-corrected chi connectivity index (χ1v) is 16.7. The minimum absolute atomic E-state index is 0.0409. The first-order valence-electron chi connectivity index (χ1n) is 16.7. The van der Waals surface area contributed by atoms with Crippen molar-refractivity contribution in [2.45, 2.75) is 110 Å². The minimum Gasteiger partial charge on any atom is -0.458 e. The monoisotopic (exact) mass is 587 g/mol. The van der Waals surface area contributed by atoms with E-state index in [0.29, 0.717) is 49.6 Å². The molecule has 4 aliphatic carbocycles. The Hall–Kier alpha value is -1.74. The average molecular weight is 588 g/mol. The number of carbonyl (C=O) groups excluding carboxylic acids is 2. The number of amides is 1. The maximum atomic E-state index is 13.8. The fourth-order valence-corrected chi connectivity index (χ4v) is 9.13. The SMILES string of the molecule is CC(=O)OC1CC2C(CC(O)C3C2CCC2C3CC[C@@H](O)[C@H]2C)/C1=C(\CCC=C(C)C)C(=O)NCCCNCCCN. The number of nitrogens with one attached hydrogen (secondary N) is 2. The average Bonchev–Trinajstić information content (AvgIpc) is 3.28. The molecule has 0 aromatic rings. The number of esters is 1. The Labute approximate surface area is 253 Å². The van der Waals surface area contributed by atoms with Crippen molar-refractivity contribution >= 4 is 11.9 Å². The smallest absolute Gasteiger partial charge is 0.303 e. The van der Waals surface area contributed by atoms with Crippen molar-refractivity contribution in [1.82, 2.24) is 10.6 Å². The van der Waals surface area contributed by atoms with Gasteiger partial charge in [0, 0.05) is 19.0 Å². The van der Waals surface area contributed by atoms with Crippen LogP contribution in [0.25, 0.3) is 0 Å². The summed E-state index contributed by atoms with van der Waals surface area (Å²) in [7, 11) is 0. The standard InChI is InChI=1S/C34H57N3O5/c1-20(2)8-5-9-26(34(41)37-17-7-16-36-15-6-14-35)33-28-18-30(40)32-24-12-13-29(39)21(3)23(24)10-11-25(32)27(28)19-31(33)42-22(4)38/h8,21,23-25,27-32,36,39-40H,5-7,9-19,35H2,1-4H3,(H,37,41)/b33-26-/t21-,23?,24?,25?,27?,28?,29+,30?,31?,32?/m0/s1. The second kappa shape index (κ2) is 15.3. The van der Waals surface area contributed by atoms with Crippen LogP contribution in [0.4, 0.5) is 0 Å². The van der Waals surface area contributed by atoms with Crippen molar-refractivity contribution in [3.63, 3.8) is 0 Å². The second-order valence-corrected chi connectivity index (χ2v) is 13.8. The van der Waals surface area contributed by atoms with Gasteiger partial charge >= 0.3 is 5.97 Å². The molecule has 0 saturated heterocycles. The molecule has 238 valence electrons. The highest BCUT2D eigenvalue weighted by molar-refractivity contribution is 5.94. The summed E-state index contributed by atoms with van der Waals surface area (Å²) in [5.41, 5.74) is 8.49. The third-order valence-electron chi connectivity index (χ3n) is 10.9. The number of nitrogens with two attached hydrogens (primary N) is 1. The van der Waals surface area contributed by atoms with Crippen LogP contribution in [0.1, 0.15) is 91.9 Å². The van der Waals surface area contributed by atoms with Gasteiger partial charge in [-0.1, -0.05) is 18.6 Å². The van der Waals surface area contributed by atoms with Crippen molar-refractivity contribution in [2.75, 3.05) is 26.2 Å². The number of ether oxygens (including phenoxy) is 1. The molecule has 4 aliphatic rings. The fourth-order valence-electron chi connectivity index (χ4n) is 9.13. The van der Waals surface area contributed by atoms with Gasteiger partial charge in [-0.2, -0.15) is 0 Å². The highest BCUT2D eigenvalue weighted by Gasteiger charge is 2.57. The number of hydrogen-bond donors (Lipinski definition) is 5. The van der Waals surface area contributed by atoms with Crippen molar-refractivity contribution in [2.24, 2.45) is 47.2 Å². The van der Waals surface area contributed by atoms with Crippen molar-refractivity contribution in [3.05, 3.63) is 22.8 Å². The predicted molar refractivity (Wildman–Crippen MR) is 165 cm³/mol. The highest BCUT2D eigenvalue weighted by Crippen LogP contribution is 2.60. The summed E-state index contributed by atoms with van der Waals surface area (Å²) >= 11 is 0. The van der Waals surface area contributed by atoms with Crippen LogP contribution in [0.3, 0.4) is 0 Å². The van der Waals surface area contributed by atoms with Crippen LogP contribution in [-0.4, -0.2) is 66.6 Å². The van der Waals surface area contributed by atoms with Gasteiger partial charge in [-0.05, 0) is 145 Å². The van der Waals surface area contributed by atoms with E-state index in [1.807, 2.05) is 0 Å². The van der Waals surface area contributed by atoms with Gasteiger partial charge in [0.05, 0.1) is 12.2 Å². The van der Waals surface area contributed by atoms with Crippen LogP contribution in [0.15, 0.2) is 22.8 Å². The van der Waals surface area contributed by atoms with E-state index < -0.39 is 12.2 Å². The molecule has 0 heterocycles. The van der Waals surface area contributed by atoms with Gasteiger partial charge in [-0.15, -0.1) is 0 Å². The van der Waals surface area contributed by atoms with E-state index in [1.165, 1.54) is 12.5 Å². The zero-order valence-corrected chi connectivity index (χ0v) is 26.4. The number of allylic oxidation sites excluding steroid dienone is 2. The molecule has 4 rings (SSSR count). The van der Waals surface area contributed by atoms with Crippen molar-refractivity contribution in [1.29, 1.82) is 0 Å². The zero-order valence-electron chi connectivity index (χ0n) is 26.4. The largest absolute Gasteiger partial charge is 0.458 e. The molecule has 8 heteroatoms. The highest BCUT2D eigenvalue weighted by atomic mass is 16.5. The van der Waals surface area contributed by atoms with Gasteiger partial charge in [-0.25, -0.2) is 0 Å².